The first-order valence-electron chi connectivity index (χ1n) is 3.08. The van der Waals surface area contributed by atoms with Crippen LogP contribution in [0, 0.1) is 0 Å². The lowest BCUT2D eigenvalue weighted by molar-refractivity contribution is -0.129. The van der Waals surface area contributed by atoms with Gasteiger partial charge in [0.25, 0.3) is 0 Å². The Bertz CT molecular complexity index is 115. The Morgan fingerprint density at radius 1 is 1.78 bits per heavy atom. The van der Waals surface area contributed by atoms with Gasteiger partial charge in [-0.05, 0) is 0 Å². The summed E-state index contributed by atoms with van der Waals surface area (Å²) in [6.45, 7) is 1.91. The molecule has 1 heterocycles. The number of nitrogens with zero attached hydrogens (tertiary/aromatic N) is 1. The molecule has 0 aromatic rings. The van der Waals surface area contributed by atoms with E-state index in [0.29, 0.717) is 19.5 Å². The molecule has 1 rings (SSSR count). The van der Waals surface area contributed by atoms with Crippen molar-refractivity contribution in [3.63, 3.8) is 0 Å². The van der Waals surface area contributed by atoms with Gasteiger partial charge in [0.05, 0.1) is 0 Å². The van der Waals surface area contributed by atoms with E-state index in [-0.39, 0.29) is 5.91 Å². The highest BCUT2D eigenvalue weighted by Gasteiger charge is 2.17. The molecule has 0 unspecified atom stereocenters. The minimum Gasteiger partial charge on any atom is -0.329 e. The standard InChI is InChI=1S/C5H11N3O/c6-2-4-8-5(9)1-3-7-8/h7H,1-4,6H2. The molecule has 0 aromatic carbocycles. The van der Waals surface area contributed by atoms with Crippen LogP contribution in [0.3, 0.4) is 0 Å². The Kier molecular flexibility index (Phi) is 2.02. The molecule has 3 N–H and O–H groups in total. The van der Waals surface area contributed by atoms with Crippen LogP contribution in [0.1, 0.15) is 6.42 Å². The molecule has 52 valence electrons. The summed E-state index contributed by atoms with van der Waals surface area (Å²) in [5.74, 6) is 0.153. The molecule has 0 aromatic heterocycles. The minimum absolute atomic E-state index is 0.153. The van der Waals surface area contributed by atoms with Gasteiger partial charge in [0.1, 0.15) is 0 Å². The lowest BCUT2D eigenvalue weighted by Crippen LogP contribution is -2.38. The number of amides is 1. The first-order valence-corrected chi connectivity index (χ1v) is 3.08. The molecule has 1 aliphatic rings. The third kappa shape index (κ3) is 1.40. The number of nitrogens with two attached hydrogens (primary N) is 1. The number of carbonyl (C=O) groups is 1. The normalized spacial score (nSPS) is 19.2. The van der Waals surface area contributed by atoms with Crippen molar-refractivity contribution >= 4 is 5.91 Å². The van der Waals surface area contributed by atoms with Crippen LogP contribution in [0.15, 0.2) is 0 Å². The van der Waals surface area contributed by atoms with E-state index < -0.39 is 0 Å². The Labute approximate surface area is 54.0 Å². The van der Waals surface area contributed by atoms with Crippen molar-refractivity contribution in [2.75, 3.05) is 19.6 Å². The monoisotopic (exact) mass is 129 g/mol. The summed E-state index contributed by atoms with van der Waals surface area (Å²) in [6, 6.07) is 0. The number of nitrogens with one attached hydrogen (secondary N) is 1. The van der Waals surface area contributed by atoms with Crippen molar-refractivity contribution in [3.05, 3.63) is 0 Å². The van der Waals surface area contributed by atoms with Crippen molar-refractivity contribution in [1.29, 1.82) is 0 Å². The fourth-order valence-corrected chi connectivity index (χ4v) is 0.854. The Morgan fingerprint density at radius 3 is 3.00 bits per heavy atom. The summed E-state index contributed by atoms with van der Waals surface area (Å²) in [5.41, 5.74) is 8.15. The molecule has 0 spiro atoms. The Hall–Kier alpha value is -0.610. The van der Waals surface area contributed by atoms with Crippen molar-refractivity contribution in [2.45, 2.75) is 6.42 Å². The van der Waals surface area contributed by atoms with E-state index in [9.17, 15) is 4.79 Å². The molecule has 0 aliphatic carbocycles. The van der Waals surface area contributed by atoms with Gasteiger partial charge < -0.3 is 5.73 Å². The average molecular weight is 129 g/mol. The first-order chi connectivity index (χ1) is 4.34. The average Bonchev–Trinajstić information content (AvgIpc) is 2.18. The lowest BCUT2D eigenvalue weighted by atomic mass is 10.4. The topological polar surface area (TPSA) is 58.4 Å². The minimum atomic E-state index is 0.153. The van der Waals surface area contributed by atoms with Gasteiger partial charge in [-0.15, -0.1) is 0 Å². The maximum absolute atomic E-state index is 10.8. The van der Waals surface area contributed by atoms with Gasteiger partial charge in [0.2, 0.25) is 5.91 Å². The van der Waals surface area contributed by atoms with E-state index in [0.717, 1.165) is 6.54 Å². The molecule has 0 atom stereocenters. The second-order valence-corrected chi connectivity index (χ2v) is 1.99. The summed E-state index contributed by atoms with van der Waals surface area (Å²) in [4.78, 5) is 10.8. The van der Waals surface area contributed by atoms with Gasteiger partial charge in [0, 0.05) is 26.1 Å². The zero-order valence-corrected chi connectivity index (χ0v) is 5.26. The highest BCUT2D eigenvalue weighted by molar-refractivity contribution is 5.77. The van der Waals surface area contributed by atoms with Gasteiger partial charge in [-0.2, -0.15) is 0 Å². The molecule has 0 saturated carbocycles. The van der Waals surface area contributed by atoms with Crippen LogP contribution in [0.2, 0.25) is 0 Å². The van der Waals surface area contributed by atoms with E-state index in [4.69, 9.17) is 5.73 Å². The van der Waals surface area contributed by atoms with Crippen molar-refractivity contribution in [1.82, 2.24) is 10.4 Å². The molecular formula is C5H11N3O. The van der Waals surface area contributed by atoms with Crippen molar-refractivity contribution < 1.29 is 4.79 Å². The van der Waals surface area contributed by atoms with Crippen molar-refractivity contribution in [3.8, 4) is 0 Å². The van der Waals surface area contributed by atoms with E-state index in [1.54, 1.807) is 5.01 Å². The Balaban J connectivity index is 2.31. The molecule has 1 aliphatic heterocycles. The molecule has 1 amide bonds. The molecule has 9 heavy (non-hydrogen) atoms. The molecule has 1 fully saturated rings. The second-order valence-electron chi connectivity index (χ2n) is 1.99. The van der Waals surface area contributed by atoms with Gasteiger partial charge in [-0.25, -0.2) is 5.43 Å². The highest BCUT2D eigenvalue weighted by atomic mass is 16.2. The summed E-state index contributed by atoms with van der Waals surface area (Å²) >= 11 is 0. The number of hydrogen-bond acceptors (Lipinski definition) is 3. The molecule has 0 bridgehead atoms. The molecule has 1 saturated heterocycles. The number of hydrogen-bond donors (Lipinski definition) is 2. The van der Waals surface area contributed by atoms with Crippen LogP contribution in [0.25, 0.3) is 0 Å². The van der Waals surface area contributed by atoms with Crippen LogP contribution in [0.4, 0.5) is 0 Å². The van der Waals surface area contributed by atoms with E-state index in [2.05, 4.69) is 5.43 Å². The third-order valence-corrected chi connectivity index (χ3v) is 1.30. The maximum atomic E-state index is 10.8. The van der Waals surface area contributed by atoms with E-state index in [1.807, 2.05) is 0 Å². The molecule has 4 heteroatoms. The SMILES string of the molecule is NCCN1NCCC1=O. The van der Waals surface area contributed by atoms with E-state index >= 15 is 0 Å². The number of rotatable bonds is 2. The number of carbonyl (C=O) groups excluding carboxylic acids is 1. The maximum Gasteiger partial charge on any atom is 0.238 e. The van der Waals surface area contributed by atoms with Crippen LogP contribution < -0.4 is 11.2 Å². The van der Waals surface area contributed by atoms with Gasteiger partial charge >= 0.3 is 0 Å². The van der Waals surface area contributed by atoms with Crippen molar-refractivity contribution in [2.24, 2.45) is 5.73 Å². The predicted molar refractivity (Wildman–Crippen MR) is 33.4 cm³/mol. The van der Waals surface area contributed by atoms with Gasteiger partial charge in [-0.3, -0.25) is 9.80 Å². The fourth-order valence-electron chi connectivity index (χ4n) is 0.854. The summed E-state index contributed by atoms with van der Waals surface area (Å²) in [6.07, 6.45) is 0.611. The number of hydrazine groups is 1. The highest BCUT2D eigenvalue weighted by Crippen LogP contribution is 1.95. The Morgan fingerprint density at radius 2 is 2.56 bits per heavy atom. The molecular weight excluding hydrogens is 118 g/mol. The largest absolute Gasteiger partial charge is 0.329 e. The molecule has 0 radical (unpaired) electrons. The summed E-state index contributed by atoms with van der Waals surface area (Å²) in [5, 5.41) is 1.57. The smallest absolute Gasteiger partial charge is 0.238 e. The van der Waals surface area contributed by atoms with Crippen LogP contribution in [0.5, 0.6) is 0 Å². The zero-order valence-electron chi connectivity index (χ0n) is 5.26. The summed E-state index contributed by atoms with van der Waals surface area (Å²) in [7, 11) is 0. The first kappa shape index (κ1) is 6.51. The van der Waals surface area contributed by atoms with Gasteiger partial charge in [0.15, 0.2) is 0 Å². The third-order valence-electron chi connectivity index (χ3n) is 1.30. The quantitative estimate of drug-likeness (QED) is 0.486. The zero-order chi connectivity index (χ0) is 6.69. The van der Waals surface area contributed by atoms with E-state index in [1.165, 1.54) is 0 Å². The lowest BCUT2D eigenvalue weighted by Gasteiger charge is -2.12. The van der Waals surface area contributed by atoms with Crippen LogP contribution >= 0.6 is 0 Å². The predicted octanol–water partition coefficient (Wildman–Crippen LogP) is -1.32. The fraction of sp³-hybridized carbons (Fsp3) is 0.800. The van der Waals surface area contributed by atoms with Crippen LogP contribution in [-0.4, -0.2) is 30.6 Å². The second kappa shape index (κ2) is 2.80. The molecule has 4 nitrogen and oxygen atoms in total. The van der Waals surface area contributed by atoms with Gasteiger partial charge in [-0.1, -0.05) is 0 Å². The summed E-state index contributed by atoms with van der Waals surface area (Å²) < 4.78 is 0. The van der Waals surface area contributed by atoms with Crippen LogP contribution in [-0.2, 0) is 4.79 Å².